The van der Waals surface area contributed by atoms with Crippen LogP contribution in [0.5, 0.6) is 0 Å². The van der Waals surface area contributed by atoms with Gasteiger partial charge in [0.05, 0.1) is 5.56 Å². The number of hydrogen-bond acceptors (Lipinski definition) is 3. The summed E-state index contributed by atoms with van der Waals surface area (Å²) in [5.74, 6) is 0.493. The molecule has 1 N–H and O–H groups in total. The van der Waals surface area contributed by atoms with Crippen molar-refractivity contribution in [3.8, 4) is 6.07 Å². The van der Waals surface area contributed by atoms with Crippen LogP contribution in [0.3, 0.4) is 0 Å². The number of nitrogens with zero attached hydrogens (tertiary/aromatic N) is 2. The molecule has 1 aromatic heterocycles. The lowest BCUT2D eigenvalue weighted by Gasteiger charge is -2.14. The molecule has 1 heterocycles. The SMILES string of the molecule is N#Cc1ccc(C(F)(F)F)nc1NCC1CCCC1. The number of rotatable bonds is 3. The van der Waals surface area contributed by atoms with Gasteiger partial charge in [-0.3, -0.25) is 0 Å². The van der Waals surface area contributed by atoms with Gasteiger partial charge < -0.3 is 5.32 Å². The van der Waals surface area contributed by atoms with E-state index in [2.05, 4.69) is 10.3 Å². The molecule has 0 unspecified atom stereocenters. The molecule has 0 aliphatic heterocycles. The van der Waals surface area contributed by atoms with Crippen molar-refractivity contribution >= 4 is 5.82 Å². The molecule has 1 saturated carbocycles. The summed E-state index contributed by atoms with van der Waals surface area (Å²) in [5.41, 5.74) is -0.827. The van der Waals surface area contributed by atoms with Crippen molar-refractivity contribution < 1.29 is 13.2 Å². The molecule has 0 bridgehead atoms. The Hall–Kier alpha value is -1.77. The number of pyridine rings is 1. The summed E-state index contributed by atoms with van der Waals surface area (Å²) in [6.45, 7) is 0.572. The third-order valence-corrected chi connectivity index (χ3v) is 3.34. The minimum Gasteiger partial charge on any atom is -0.369 e. The monoisotopic (exact) mass is 269 g/mol. The minimum atomic E-state index is -4.49. The minimum absolute atomic E-state index is 0.0317. The normalized spacial score (nSPS) is 16.3. The van der Waals surface area contributed by atoms with Gasteiger partial charge in [-0.1, -0.05) is 12.8 Å². The second-order valence-corrected chi connectivity index (χ2v) is 4.73. The highest BCUT2D eigenvalue weighted by Crippen LogP contribution is 2.30. The molecular formula is C13H14F3N3. The Morgan fingerprint density at radius 3 is 2.58 bits per heavy atom. The Bertz CT molecular complexity index is 485. The number of halogens is 3. The van der Waals surface area contributed by atoms with Crippen LogP contribution in [0.25, 0.3) is 0 Å². The molecule has 3 nitrogen and oxygen atoms in total. The molecule has 6 heteroatoms. The number of nitrogens with one attached hydrogen (secondary N) is 1. The van der Waals surface area contributed by atoms with Crippen molar-refractivity contribution in [1.82, 2.24) is 4.98 Å². The number of hydrogen-bond donors (Lipinski definition) is 1. The summed E-state index contributed by atoms with van der Waals surface area (Å²) in [6.07, 6.45) is -0.0135. The standard InChI is InChI=1S/C13H14F3N3/c14-13(15,16)11-6-5-10(7-17)12(19-11)18-8-9-3-1-2-4-9/h5-6,9H,1-4,8H2,(H,18,19). The van der Waals surface area contributed by atoms with E-state index in [1.807, 2.05) is 6.07 Å². The molecular weight excluding hydrogens is 255 g/mol. The predicted octanol–water partition coefficient (Wildman–Crippen LogP) is 3.57. The highest BCUT2D eigenvalue weighted by Gasteiger charge is 2.33. The first-order valence-corrected chi connectivity index (χ1v) is 6.23. The molecule has 102 valence electrons. The molecule has 1 fully saturated rings. The van der Waals surface area contributed by atoms with Crippen LogP contribution in [0.1, 0.15) is 36.9 Å². The van der Waals surface area contributed by atoms with E-state index >= 15 is 0 Å². The van der Waals surface area contributed by atoms with Crippen molar-refractivity contribution in [1.29, 1.82) is 5.26 Å². The molecule has 1 aliphatic rings. The van der Waals surface area contributed by atoms with E-state index in [4.69, 9.17) is 5.26 Å². The Morgan fingerprint density at radius 1 is 1.32 bits per heavy atom. The second-order valence-electron chi connectivity index (χ2n) is 4.73. The lowest BCUT2D eigenvalue weighted by atomic mass is 10.1. The summed E-state index contributed by atoms with van der Waals surface area (Å²) in [5, 5.41) is 11.8. The van der Waals surface area contributed by atoms with Crippen molar-refractivity contribution in [2.24, 2.45) is 5.92 Å². The van der Waals surface area contributed by atoms with Crippen LogP contribution in [0.2, 0.25) is 0 Å². The maximum atomic E-state index is 12.6. The largest absolute Gasteiger partial charge is 0.433 e. The summed E-state index contributed by atoms with van der Waals surface area (Å²) in [7, 11) is 0. The molecule has 19 heavy (non-hydrogen) atoms. The Kier molecular flexibility index (Phi) is 3.93. The van der Waals surface area contributed by atoms with Gasteiger partial charge in [-0.05, 0) is 30.9 Å². The number of alkyl halides is 3. The van der Waals surface area contributed by atoms with E-state index in [1.165, 1.54) is 0 Å². The van der Waals surface area contributed by atoms with Crippen LogP contribution in [0.4, 0.5) is 19.0 Å². The fraction of sp³-hybridized carbons (Fsp3) is 0.538. The maximum Gasteiger partial charge on any atom is 0.433 e. The van der Waals surface area contributed by atoms with Crippen LogP contribution in [0, 0.1) is 17.2 Å². The summed E-state index contributed by atoms with van der Waals surface area (Å²) in [6, 6.07) is 3.85. The Morgan fingerprint density at radius 2 is 2.00 bits per heavy atom. The van der Waals surface area contributed by atoms with Crippen molar-refractivity contribution in [2.75, 3.05) is 11.9 Å². The van der Waals surface area contributed by atoms with Crippen LogP contribution in [-0.2, 0) is 6.18 Å². The summed E-state index contributed by atoms with van der Waals surface area (Å²) in [4.78, 5) is 3.52. The fourth-order valence-electron chi connectivity index (χ4n) is 2.30. The average Bonchev–Trinajstić information content (AvgIpc) is 2.88. The topological polar surface area (TPSA) is 48.7 Å². The molecule has 0 atom stereocenters. The highest BCUT2D eigenvalue weighted by molar-refractivity contribution is 5.52. The van der Waals surface area contributed by atoms with Gasteiger partial charge in [-0.2, -0.15) is 18.4 Å². The summed E-state index contributed by atoms with van der Waals surface area (Å²) >= 11 is 0. The lowest BCUT2D eigenvalue weighted by molar-refractivity contribution is -0.141. The van der Waals surface area contributed by atoms with Gasteiger partial charge >= 0.3 is 6.18 Å². The van der Waals surface area contributed by atoms with Gasteiger partial charge in [0.25, 0.3) is 0 Å². The zero-order chi connectivity index (χ0) is 13.9. The highest BCUT2D eigenvalue weighted by atomic mass is 19.4. The van der Waals surface area contributed by atoms with Gasteiger partial charge in [-0.25, -0.2) is 4.98 Å². The second kappa shape index (κ2) is 5.47. The molecule has 1 aromatic rings. The van der Waals surface area contributed by atoms with Crippen LogP contribution < -0.4 is 5.32 Å². The van der Waals surface area contributed by atoms with E-state index < -0.39 is 11.9 Å². The van der Waals surface area contributed by atoms with Crippen LogP contribution in [-0.4, -0.2) is 11.5 Å². The molecule has 0 spiro atoms. The van der Waals surface area contributed by atoms with E-state index in [0.29, 0.717) is 12.5 Å². The van der Waals surface area contributed by atoms with Gasteiger partial charge in [-0.15, -0.1) is 0 Å². The number of nitriles is 1. The van der Waals surface area contributed by atoms with Crippen molar-refractivity contribution in [3.63, 3.8) is 0 Å². The van der Waals surface area contributed by atoms with E-state index in [1.54, 1.807) is 0 Å². The smallest absolute Gasteiger partial charge is 0.369 e. The molecule has 0 radical (unpaired) electrons. The van der Waals surface area contributed by atoms with Gasteiger partial charge in [0.1, 0.15) is 17.6 Å². The third kappa shape index (κ3) is 3.37. The first kappa shape index (κ1) is 13.7. The fourth-order valence-corrected chi connectivity index (χ4v) is 2.30. The predicted molar refractivity (Wildman–Crippen MR) is 64.4 cm³/mol. The first-order valence-electron chi connectivity index (χ1n) is 6.23. The van der Waals surface area contributed by atoms with Crippen molar-refractivity contribution in [2.45, 2.75) is 31.9 Å². The average molecular weight is 269 g/mol. The third-order valence-electron chi connectivity index (χ3n) is 3.34. The molecule has 1 aliphatic carbocycles. The number of anilines is 1. The van der Waals surface area contributed by atoms with Crippen molar-refractivity contribution in [3.05, 3.63) is 23.4 Å². The van der Waals surface area contributed by atoms with Gasteiger partial charge in [0.2, 0.25) is 0 Å². The molecule has 2 rings (SSSR count). The van der Waals surface area contributed by atoms with E-state index in [-0.39, 0.29) is 11.4 Å². The van der Waals surface area contributed by atoms with Gasteiger partial charge in [0, 0.05) is 6.54 Å². The Labute approximate surface area is 109 Å². The van der Waals surface area contributed by atoms with Gasteiger partial charge in [0.15, 0.2) is 0 Å². The molecule has 0 amide bonds. The maximum absolute atomic E-state index is 12.6. The number of aromatic nitrogens is 1. The quantitative estimate of drug-likeness (QED) is 0.912. The molecule has 0 saturated heterocycles. The molecule has 0 aromatic carbocycles. The van der Waals surface area contributed by atoms with E-state index in [9.17, 15) is 13.2 Å². The zero-order valence-electron chi connectivity index (χ0n) is 10.3. The summed E-state index contributed by atoms with van der Waals surface area (Å²) < 4.78 is 37.7. The van der Waals surface area contributed by atoms with E-state index in [0.717, 1.165) is 37.8 Å². The van der Waals surface area contributed by atoms with Crippen LogP contribution in [0.15, 0.2) is 12.1 Å². The lowest BCUT2D eigenvalue weighted by Crippen LogP contribution is -2.15. The Balaban J connectivity index is 2.14. The van der Waals surface area contributed by atoms with Crippen LogP contribution >= 0.6 is 0 Å². The first-order chi connectivity index (χ1) is 9.00. The zero-order valence-corrected chi connectivity index (χ0v) is 10.3.